The van der Waals surface area contributed by atoms with E-state index in [1.54, 1.807) is 30.5 Å². The Morgan fingerprint density at radius 3 is 2.19 bits per heavy atom. The maximum Gasteiger partial charge on any atom is 0.243 e. The standard InChI is InChI=1S/C18H28N2O4S.ClH/c1-13-10-16(23-2)17(24-3)11-18(13)25(21,22)20-8-6-15(7-9-20)19-12-14-4-5-14;/h10-11,14-15,19H,4-9,12H2,1-3H3;1H. The smallest absolute Gasteiger partial charge is 0.243 e. The number of nitrogens with one attached hydrogen (secondary N) is 1. The highest BCUT2D eigenvalue weighted by Gasteiger charge is 2.32. The van der Waals surface area contributed by atoms with Gasteiger partial charge in [-0.2, -0.15) is 4.31 Å². The largest absolute Gasteiger partial charge is 0.493 e. The molecule has 0 bridgehead atoms. The van der Waals surface area contributed by atoms with Crippen LogP contribution in [0.15, 0.2) is 17.0 Å². The molecule has 1 aliphatic heterocycles. The fourth-order valence-electron chi connectivity index (χ4n) is 3.33. The van der Waals surface area contributed by atoms with Gasteiger partial charge in [0.1, 0.15) is 0 Å². The topological polar surface area (TPSA) is 67.9 Å². The number of aryl methyl sites for hydroxylation is 1. The van der Waals surface area contributed by atoms with Gasteiger partial charge < -0.3 is 14.8 Å². The van der Waals surface area contributed by atoms with Crippen LogP contribution >= 0.6 is 12.4 Å². The van der Waals surface area contributed by atoms with Crippen LogP contribution in [-0.4, -0.2) is 52.6 Å². The molecule has 0 aromatic heterocycles. The number of ether oxygens (including phenoxy) is 2. The van der Waals surface area contributed by atoms with Crippen LogP contribution in [0.5, 0.6) is 11.5 Å². The second-order valence-electron chi connectivity index (χ2n) is 7.00. The minimum Gasteiger partial charge on any atom is -0.493 e. The predicted molar refractivity (Wildman–Crippen MR) is 104 cm³/mol. The van der Waals surface area contributed by atoms with E-state index in [0.717, 1.165) is 25.3 Å². The highest BCUT2D eigenvalue weighted by atomic mass is 35.5. The van der Waals surface area contributed by atoms with Crippen LogP contribution in [0.1, 0.15) is 31.2 Å². The number of nitrogens with zero attached hydrogens (tertiary/aromatic N) is 1. The monoisotopic (exact) mass is 404 g/mol. The van der Waals surface area contributed by atoms with Crippen LogP contribution in [0, 0.1) is 12.8 Å². The lowest BCUT2D eigenvalue weighted by Gasteiger charge is -2.32. The number of piperidine rings is 1. The molecule has 8 heteroatoms. The second kappa shape index (κ2) is 8.78. The van der Waals surface area contributed by atoms with Crippen molar-refractivity contribution < 1.29 is 17.9 Å². The van der Waals surface area contributed by atoms with E-state index in [0.29, 0.717) is 41.1 Å². The minimum absolute atomic E-state index is 0. The van der Waals surface area contributed by atoms with Crippen molar-refractivity contribution in [1.82, 2.24) is 9.62 Å². The van der Waals surface area contributed by atoms with Gasteiger partial charge in [-0.25, -0.2) is 8.42 Å². The highest BCUT2D eigenvalue weighted by Crippen LogP contribution is 2.34. The van der Waals surface area contributed by atoms with Gasteiger partial charge in [0.15, 0.2) is 11.5 Å². The maximum atomic E-state index is 13.1. The van der Waals surface area contributed by atoms with E-state index in [2.05, 4.69) is 5.32 Å². The zero-order chi connectivity index (χ0) is 18.0. The highest BCUT2D eigenvalue weighted by molar-refractivity contribution is 7.89. The van der Waals surface area contributed by atoms with Crippen LogP contribution in [0.25, 0.3) is 0 Å². The lowest BCUT2D eigenvalue weighted by atomic mass is 10.1. The van der Waals surface area contributed by atoms with Gasteiger partial charge >= 0.3 is 0 Å². The van der Waals surface area contributed by atoms with E-state index >= 15 is 0 Å². The Hall–Kier alpha value is -1.02. The number of hydrogen-bond donors (Lipinski definition) is 1. The molecule has 1 N–H and O–H groups in total. The number of methoxy groups -OCH3 is 2. The summed E-state index contributed by atoms with van der Waals surface area (Å²) in [6.07, 6.45) is 4.38. The molecule has 0 unspecified atom stereocenters. The van der Waals surface area contributed by atoms with Crippen molar-refractivity contribution in [3.05, 3.63) is 17.7 Å². The van der Waals surface area contributed by atoms with Gasteiger partial charge in [-0.3, -0.25) is 0 Å². The fourth-order valence-corrected chi connectivity index (χ4v) is 5.03. The lowest BCUT2D eigenvalue weighted by molar-refractivity contribution is 0.287. The Balaban J connectivity index is 0.00000243. The van der Waals surface area contributed by atoms with Gasteiger partial charge in [0.05, 0.1) is 19.1 Å². The Labute approximate surface area is 162 Å². The Morgan fingerprint density at radius 2 is 1.65 bits per heavy atom. The second-order valence-corrected chi connectivity index (χ2v) is 8.91. The first kappa shape index (κ1) is 21.3. The molecule has 2 aliphatic rings. The number of sulfonamides is 1. The zero-order valence-electron chi connectivity index (χ0n) is 15.7. The Bertz CT molecular complexity index is 714. The third-order valence-electron chi connectivity index (χ3n) is 5.14. The molecule has 1 saturated heterocycles. The summed E-state index contributed by atoms with van der Waals surface area (Å²) in [5.74, 6) is 1.82. The molecule has 3 rings (SSSR count). The molecule has 1 aromatic rings. The van der Waals surface area contributed by atoms with E-state index in [9.17, 15) is 8.42 Å². The molecule has 26 heavy (non-hydrogen) atoms. The summed E-state index contributed by atoms with van der Waals surface area (Å²) in [5, 5.41) is 3.58. The normalized spacial score (nSPS) is 19.0. The van der Waals surface area contributed by atoms with E-state index in [4.69, 9.17) is 9.47 Å². The van der Waals surface area contributed by atoms with Crippen molar-refractivity contribution in [2.45, 2.75) is 43.5 Å². The molecular formula is C18H29ClN2O4S. The molecular weight excluding hydrogens is 376 g/mol. The summed E-state index contributed by atoms with van der Waals surface area (Å²) in [6.45, 7) is 3.97. The fraction of sp³-hybridized carbons (Fsp3) is 0.667. The van der Waals surface area contributed by atoms with Gasteiger partial charge in [-0.1, -0.05) is 0 Å². The van der Waals surface area contributed by atoms with Crippen molar-refractivity contribution >= 4 is 22.4 Å². The van der Waals surface area contributed by atoms with Crippen molar-refractivity contribution in [2.75, 3.05) is 33.9 Å². The van der Waals surface area contributed by atoms with Crippen LogP contribution in [0.3, 0.4) is 0 Å². The maximum absolute atomic E-state index is 13.1. The minimum atomic E-state index is -3.52. The lowest BCUT2D eigenvalue weighted by Crippen LogP contribution is -2.45. The summed E-state index contributed by atoms with van der Waals surface area (Å²) in [7, 11) is -0.462. The molecule has 2 fully saturated rings. The first-order valence-corrected chi connectivity index (χ1v) is 10.4. The van der Waals surface area contributed by atoms with Crippen LogP contribution in [-0.2, 0) is 10.0 Å². The first-order valence-electron chi connectivity index (χ1n) is 8.92. The number of hydrogen-bond acceptors (Lipinski definition) is 5. The van der Waals surface area contributed by atoms with E-state index in [-0.39, 0.29) is 12.4 Å². The predicted octanol–water partition coefficient (Wildman–Crippen LogP) is 2.59. The molecule has 6 nitrogen and oxygen atoms in total. The van der Waals surface area contributed by atoms with Crippen LogP contribution in [0.4, 0.5) is 0 Å². The summed E-state index contributed by atoms with van der Waals surface area (Å²) < 4.78 is 38.3. The molecule has 0 spiro atoms. The van der Waals surface area contributed by atoms with E-state index < -0.39 is 10.0 Å². The SMILES string of the molecule is COc1cc(C)c(S(=O)(=O)N2CCC(NCC3CC3)CC2)cc1OC.Cl. The van der Waals surface area contributed by atoms with Crippen LogP contribution < -0.4 is 14.8 Å². The molecule has 1 saturated carbocycles. The van der Waals surface area contributed by atoms with Gasteiger partial charge in [-0.05, 0) is 56.7 Å². The van der Waals surface area contributed by atoms with E-state index in [1.807, 2.05) is 0 Å². The van der Waals surface area contributed by atoms with Gasteiger partial charge in [0.2, 0.25) is 10.0 Å². The van der Waals surface area contributed by atoms with Gasteiger partial charge in [-0.15, -0.1) is 12.4 Å². The van der Waals surface area contributed by atoms with Gasteiger partial charge in [0.25, 0.3) is 0 Å². The van der Waals surface area contributed by atoms with Crippen molar-refractivity contribution in [2.24, 2.45) is 5.92 Å². The van der Waals surface area contributed by atoms with E-state index in [1.165, 1.54) is 20.0 Å². The summed E-state index contributed by atoms with van der Waals surface area (Å²) in [6, 6.07) is 3.72. The van der Waals surface area contributed by atoms with Crippen molar-refractivity contribution in [1.29, 1.82) is 0 Å². The third kappa shape index (κ3) is 4.63. The molecule has 1 aromatic carbocycles. The summed E-state index contributed by atoms with van der Waals surface area (Å²) in [5.41, 5.74) is 0.673. The molecule has 0 atom stereocenters. The van der Waals surface area contributed by atoms with Crippen LogP contribution in [0.2, 0.25) is 0 Å². The summed E-state index contributed by atoms with van der Waals surface area (Å²) >= 11 is 0. The number of rotatable bonds is 7. The molecule has 0 amide bonds. The zero-order valence-corrected chi connectivity index (χ0v) is 17.3. The number of halogens is 1. The quantitative estimate of drug-likeness (QED) is 0.756. The third-order valence-corrected chi connectivity index (χ3v) is 7.19. The molecule has 0 radical (unpaired) electrons. The van der Waals surface area contributed by atoms with Crippen molar-refractivity contribution in [3.8, 4) is 11.5 Å². The number of benzene rings is 1. The Kier molecular flexibility index (Phi) is 7.19. The summed E-state index contributed by atoms with van der Waals surface area (Å²) in [4.78, 5) is 0.300. The molecule has 148 valence electrons. The molecule has 1 aliphatic carbocycles. The average Bonchev–Trinajstić information content (AvgIpc) is 3.44. The van der Waals surface area contributed by atoms with Crippen molar-refractivity contribution in [3.63, 3.8) is 0 Å². The Morgan fingerprint density at radius 1 is 1.08 bits per heavy atom. The van der Waals surface area contributed by atoms with Gasteiger partial charge in [0, 0.05) is 25.2 Å². The molecule has 1 heterocycles. The average molecular weight is 405 g/mol. The first-order chi connectivity index (χ1) is 12.0.